The van der Waals surface area contributed by atoms with Crippen molar-refractivity contribution in [1.82, 2.24) is 25.1 Å². The summed E-state index contributed by atoms with van der Waals surface area (Å²) in [5.74, 6) is 1.69. The molecular weight excluding hydrogens is 232 g/mol. The van der Waals surface area contributed by atoms with Crippen molar-refractivity contribution in [1.29, 1.82) is 0 Å². The molecule has 0 amide bonds. The normalized spacial score (nSPS) is 16.5. The van der Waals surface area contributed by atoms with E-state index >= 15 is 0 Å². The average molecular weight is 248 g/mol. The lowest BCUT2D eigenvalue weighted by Gasteiger charge is -1.99. The summed E-state index contributed by atoms with van der Waals surface area (Å²) in [6, 6.07) is 0. The van der Waals surface area contributed by atoms with Gasteiger partial charge in [0.05, 0.1) is 12.7 Å². The highest BCUT2D eigenvalue weighted by molar-refractivity contribution is 5.43. The summed E-state index contributed by atoms with van der Waals surface area (Å²) in [6.07, 6.45) is 6.58. The van der Waals surface area contributed by atoms with Gasteiger partial charge in [-0.25, -0.2) is 0 Å². The highest BCUT2D eigenvalue weighted by Crippen LogP contribution is 2.32. The molecule has 0 aromatic carbocycles. The van der Waals surface area contributed by atoms with E-state index in [-0.39, 0.29) is 0 Å². The van der Waals surface area contributed by atoms with Crippen molar-refractivity contribution in [3.63, 3.8) is 0 Å². The molecule has 0 radical (unpaired) electrons. The summed E-state index contributed by atoms with van der Waals surface area (Å²) < 4.78 is 6.92. The Balaban J connectivity index is 1.78. The van der Waals surface area contributed by atoms with Crippen LogP contribution in [-0.4, -0.2) is 31.7 Å². The van der Waals surface area contributed by atoms with Crippen LogP contribution in [0.1, 0.15) is 37.4 Å². The number of rotatable bonds is 4. The number of nitrogens with two attached hydrogens (primary N) is 1. The SMILES string of the molecule is NCCn1cc(-c2nc(C3CCCC3)no2)nn1. The molecule has 0 aliphatic heterocycles. The van der Waals surface area contributed by atoms with Crippen LogP contribution in [0.5, 0.6) is 0 Å². The predicted molar refractivity (Wildman–Crippen MR) is 63.6 cm³/mol. The second-order valence-corrected chi connectivity index (χ2v) is 4.59. The van der Waals surface area contributed by atoms with E-state index in [1.165, 1.54) is 12.8 Å². The maximum Gasteiger partial charge on any atom is 0.280 e. The predicted octanol–water partition coefficient (Wildman–Crippen LogP) is 0.944. The van der Waals surface area contributed by atoms with E-state index in [0.29, 0.717) is 30.6 Å². The van der Waals surface area contributed by atoms with Crippen molar-refractivity contribution in [3.05, 3.63) is 12.0 Å². The van der Waals surface area contributed by atoms with Gasteiger partial charge in [-0.2, -0.15) is 4.98 Å². The molecule has 1 aliphatic rings. The fraction of sp³-hybridized carbons (Fsp3) is 0.636. The van der Waals surface area contributed by atoms with Crippen LogP contribution in [0, 0.1) is 0 Å². The van der Waals surface area contributed by atoms with Gasteiger partial charge in [-0.05, 0) is 12.8 Å². The second-order valence-electron chi connectivity index (χ2n) is 4.59. The first-order valence-corrected chi connectivity index (χ1v) is 6.31. The van der Waals surface area contributed by atoms with Crippen molar-refractivity contribution in [2.75, 3.05) is 6.54 Å². The molecule has 2 aromatic heterocycles. The molecule has 0 unspecified atom stereocenters. The molecule has 96 valence electrons. The molecule has 0 spiro atoms. The van der Waals surface area contributed by atoms with E-state index in [1.807, 2.05) is 0 Å². The lowest BCUT2D eigenvalue weighted by Crippen LogP contribution is -2.10. The minimum Gasteiger partial charge on any atom is -0.332 e. The smallest absolute Gasteiger partial charge is 0.280 e. The summed E-state index contributed by atoms with van der Waals surface area (Å²) in [6.45, 7) is 1.16. The highest BCUT2D eigenvalue weighted by atomic mass is 16.5. The molecule has 1 aliphatic carbocycles. The maximum absolute atomic E-state index is 5.46. The summed E-state index contributed by atoms with van der Waals surface area (Å²) in [4.78, 5) is 4.41. The Morgan fingerprint density at radius 2 is 2.22 bits per heavy atom. The molecular formula is C11H16N6O. The Labute approximate surface area is 104 Å². The van der Waals surface area contributed by atoms with E-state index in [1.54, 1.807) is 10.9 Å². The third kappa shape index (κ3) is 2.13. The van der Waals surface area contributed by atoms with E-state index in [4.69, 9.17) is 10.3 Å². The fourth-order valence-corrected chi connectivity index (χ4v) is 2.33. The molecule has 1 saturated carbocycles. The molecule has 0 saturated heterocycles. The third-order valence-corrected chi connectivity index (χ3v) is 3.28. The molecule has 0 atom stereocenters. The van der Waals surface area contributed by atoms with Crippen molar-refractivity contribution in [2.45, 2.75) is 38.1 Å². The van der Waals surface area contributed by atoms with Gasteiger partial charge in [0.25, 0.3) is 5.89 Å². The highest BCUT2D eigenvalue weighted by Gasteiger charge is 2.23. The molecule has 2 N–H and O–H groups in total. The Morgan fingerprint density at radius 1 is 1.39 bits per heavy atom. The van der Waals surface area contributed by atoms with Crippen molar-refractivity contribution in [2.24, 2.45) is 5.73 Å². The molecule has 2 heterocycles. The second kappa shape index (κ2) is 4.85. The number of hydrogen-bond donors (Lipinski definition) is 1. The first kappa shape index (κ1) is 11.3. The quantitative estimate of drug-likeness (QED) is 0.865. The van der Waals surface area contributed by atoms with Crippen molar-refractivity contribution < 1.29 is 4.52 Å². The lowest BCUT2D eigenvalue weighted by atomic mass is 10.1. The van der Waals surface area contributed by atoms with Crippen LogP contribution in [-0.2, 0) is 6.54 Å². The topological polar surface area (TPSA) is 95.7 Å². The van der Waals surface area contributed by atoms with Gasteiger partial charge in [0, 0.05) is 12.5 Å². The van der Waals surface area contributed by atoms with Crippen LogP contribution in [0.25, 0.3) is 11.6 Å². The van der Waals surface area contributed by atoms with Gasteiger partial charge in [-0.1, -0.05) is 23.2 Å². The minimum absolute atomic E-state index is 0.445. The lowest BCUT2D eigenvalue weighted by molar-refractivity contribution is 0.414. The summed E-state index contributed by atoms with van der Waals surface area (Å²) in [5.41, 5.74) is 6.07. The largest absolute Gasteiger partial charge is 0.332 e. The van der Waals surface area contributed by atoms with Crippen molar-refractivity contribution in [3.8, 4) is 11.6 Å². The van der Waals surface area contributed by atoms with E-state index in [2.05, 4.69) is 20.5 Å². The monoisotopic (exact) mass is 248 g/mol. The maximum atomic E-state index is 5.46. The van der Waals surface area contributed by atoms with Crippen LogP contribution in [0.15, 0.2) is 10.7 Å². The summed E-state index contributed by atoms with van der Waals surface area (Å²) >= 11 is 0. The zero-order chi connectivity index (χ0) is 12.4. The minimum atomic E-state index is 0.445. The molecule has 2 aromatic rings. The van der Waals surface area contributed by atoms with Gasteiger partial charge in [0.1, 0.15) is 0 Å². The van der Waals surface area contributed by atoms with Gasteiger partial charge >= 0.3 is 0 Å². The van der Waals surface area contributed by atoms with Gasteiger partial charge in [-0.3, -0.25) is 4.68 Å². The first-order chi connectivity index (χ1) is 8.86. The zero-order valence-electron chi connectivity index (χ0n) is 10.1. The average Bonchev–Trinajstić information content (AvgIpc) is 3.10. The molecule has 18 heavy (non-hydrogen) atoms. The Kier molecular flexibility index (Phi) is 3.06. The Hall–Kier alpha value is -1.76. The Bertz CT molecular complexity index is 513. The van der Waals surface area contributed by atoms with E-state index < -0.39 is 0 Å². The van der Waals surface area contributed by atoms with Crippen LogP contribution in [0.2, 0.25) is 0 Å². The van der Waals surface area contributed by atoms with Crippen LogP contribution in [0.4, 0.5) is 0 Å². The van der Waals surface area contributed by atoms with Crippen molar-refractivity contribution >= 4 is 0 Å². The molecule has 7 nitrogen and oxygen atoms in total. The van der Waals surface area contributed by atoms with E-state index in [9.17, 15) is 0 Å². The van der Waals surface area contributed by atoms with Crippen LogP contribution < -0.4 is 5.73 Å². The molecule has 3 rings (SSSR count). The van der Waals surface area contributed by atoms with Gasteiger partial charge < -0.3 is 10.3 Å². The third-order valence-electron chi connectivity index (χ3n) is 3.28. The number of hydrogen-bond acceptors (Lipinski definition) is 6. The fourth-order valence-electron chi connectivity index (χ4n) is 2.33. The van der Waals surface area contributed by atoms with Crippen LogP contribution in [0.3, 0.4) is 0 Å². The summed E-state index contributed by atoms with van der Waals surface area (Å²) in [7, 11) is 0. The van der Waals surface area contributed by atoms with E-state index in [0.717, 1.165) is 18.7 Å². The summed E-state index contributed by atoms with van der Waals surface area (Å²) in [5, 5.41) is 12.0. The molecule has 7 heteroatoms. The zero-order valence-corrected chi connectivity index (χ0v) is 10.1. The van der Waals surface area contributed by atoms with Gasteiger partial charge in [-0.15, -0.1) is 5.10 Å². The van der Waals surface area contributed by atoms with Gasteiger partial charge in [0.2, 0.25) is 0 Å². The Morgan fingerprint density at radius 3 is 3.00 bits per heavy atom. The first-order valence-electron chi connectivity index (χ1n) is 6.31. The molecule has 1 fully saturated rings. The standard InChI is InChI=1S/C11H16N6O/c12-5-6-17-7-9(14-16-17)11-13-10(15-18-11)8-3-1-2-4-8/h7-8H,1-6,12H2. The number of nitrogens with zero attached hydrogens (tertiary/aromatic N) is 5. The number of aromatic nitrogens is 5. The van der Waals surface area contributed by atoms with Crippen LogP contribution >= 0.6 is 0 Å². The molecule has 0 bridgehead atoms. The van der Waals surface area contributed by atoms with Gasteiger partial charge in [0.15, 0.2) is 11.5 Å².